The number of benzene rings is 2. The zero-order valence-electron chi connectivity index (χ0n) is 10.1. The zero-order chi connectivity index (χ0) is 13.6. The molecule has 19 heavy (non-hydrogen) atoms. The molecule has 96 valence electrons. The lowest BCUT2D eigenvalue weighted by atomic mass is 10.2. The third-order valence-electron chi connectivity index (χ3n) is 2.87. The summed E-state index contributed by atoms with van der Waals surface area (Å²) >= 11 is 8.63. The first-order valence-corrected chi connectivity index (χ1v) is 8.07. The molecule has 3 rings (SSSR count). The number of hydrogen-bond acceptors (Lipinski definition) is 3. The molecule has 0 aliphatic rings. The summed E-state index contributed by atoms with van der Waals surface area (Å²) in [5, 5.41) is 0.945. The summed E-state index contributed by atoms with van der Waals surface area (Å²) in [6.07, 6.45) is 0. The van der Waals surface area contributed by atoms with E-state index in [2.05, 4.69) is 55.9 Å². The lowest BCUT2D eigenvalue weighted by Crippen LogP contribution is -1.91. The SMILES string of the molecule is Cc1ccc2nc(-c3cc(Br)cc(Br)c3N)sc2c1. The summed E-state index contributed by atoms with van der Waals surface area (Å²) in [4.78, 5) is 4.66. The smallest absolute Gasteiger partial charge is 0.126 e. The monoisotopic (exact) mass is 396 g/mol. The van der Waals surface area contributed by atoms with E-state index in [9.17, 15) is 0 Å². The van der Waals surface area contributed by atoms with Crippen LogP contribution in [0.15, 0.2) is 39.3 Å². The Balaban J connectivity index is 2.24. The number of fused-ring (bicyclic) bond motifs is 1. The van der Waals surface area contributed by atoms with Gasteiger partial charge in [0.15, 0.2) is 0 Å². The number of nitrogens with two attached hydrogens (primary N) is 1. The first-order valence-electron chi connectivity index (χ1n) is 5.66. The van der Waals surface area contributed by atoms with Gasteiger partial charge in [0.1, 0.15) is 5.01 Å². The van der Waals surface area contributed by atoms with Gasteiger partial charge in [-0.3, -0.25) is 0 Å². The second-order valence-electron chi connectivity index (χ2n) is 4.34. The number of rotatable bonds is 1. The molecular weight excluding hydrogens is 388 g/mol. The van der Waals surface area contributed by atoms with E-state index in [-0.39, 0.29) is 0 Å². The second-order valence-corrected chi connectivity index (χ2v) is 7.14. The fourth-order valence-corrected chi connectivity index (χ4v) is 4.23. The summed E-state index contributed by atoms with van der Waals surface area (Å²) < 4.78 is 3.05. The number of nitrogen functional groups attached to an aromatic ring is 1. The quantitative estimate of drug-likeness (QED) is 0.560. The van der Waals surface area contributed by atoms with Crippen LogP contribution in [0, 0.1) is 6.92 Å². The number of thiazole rings is 1. The van der Waals surface area contributed by atoms with Gasteiger partial charge >= 0.3 is 0 Å². The van der Waals surface area contributed by atoms with Crippen molar-refractivity contribution in [1.29, 1.82) is 0 Å². The van der Waals surface area contributed by atoms with Gasteiger partial charge in [-0.15, -0.1) is 11.3 Å². The zero-order valence-corrected chi connectivity index (χ0v) is 14.1. The van der Waals surface area contributed by atoms with Crippen LogP contribution in [0.25, 0.3) is 20.8 Å². The van der Waals surface area contributed by atoms with Crippen molar-refractivity contribution in [2.75, 3.05) is 5.73 Å². The molecule has 0 radical (unpaired) electrons. The van der Waals surface area contributed by atoms with E-state index in [4.69, 9.17) is 5.73 Å². The molecule has 0 aliphatic heterocycles. The molecule has 5 heteroatoms. The molecule has 2 aromatic carbocycles. The average molecular weight is 398 g/mol. The van der Waals surface area contributed by atoms with Crippen molar-refractivity contribution in [2.45, 2.75) is 6.92 Å². The molecule has 0 aliphatic carbocycles. The number of aryl methyl sites for hydroxylation is 1. The Hall–Kier alpha value is -0.910. The van der Waals surface area contributed by atoms with Crippen molar-refractivity contribution in [3.05, 3.63) is 44.8 Å². The Morgan fingerprint density at radius 2 is 1.95 bits per heavy atom. The summed E-state index contributed by atoms with van der Waals surface area (Å²) in [5.74, 6) is 0. The van der Waals surface area contributed by atoms with Crippen LogP contribution in [0.2, 0.25) is 0 Å². The van der Waals surface area contributed by atoms with E-state index in [0.29, 0.717) is 0 Å². The predicted octanol–water partition coefficient (Wildman–Crippen LogP) is 5.38. The third kappa shape index (κ3) is 2.42. The molecule has 0 saturated carbocycles. The highest BCUT2D eigenvalue weighted by atomic mass is 79.9. The molecule has 0 amide bonds. The summed E-state index contributed by atoms with van der Waals surface area (Å²) in [7, 11) is 0. The summed E-state index contributed by atoms with van der Waals surface area (Å²) in [5.41, 5.74) is 10.1. The minimum atomic E-state index is 0.721. The van der Waals surface area contributed by atoms with Crippen LogP contribution in [-0.2, 0) is 0 Å². The van der Waals surface area contributed by atoms with E-state index < -0.39 is 0 Å². The highest BCUT2D eigenvalue weighted by Crippen LogP contribution is 2.38. The van der Waals surface area contributed by atoms with Gasteiger partial charge in [-0.25, -0.2) is 4.98 Å². The number of halogens is 2. The van der Waals surface area contributed by atoms with Crippen LogP contribution in [0.3, 0.4) is 0 Å². The minimum Gasteiger partial charge on any atom is -0.397 e. The van der Waals surface area contributed by atoms with E-state index in [1.54, 1.807) is 11.3 Å². The van der Waals surface area contributed by atoms with E-state index in [1.807, 2.05) is 18.2 Å². The number of aromatic nitrogens is 1. The van der Waals surface area contributed by atoms with Gasteiger partial charge in [-0.05, 0) is 52.7 Å². The van der Waals surface area contributed by atoms with Crippen molar-refractivity contribution in [1.82, 2.24) is 4.98 Å². The van der Waals surface area contributed by atoms with Gasteiger partial charge in [-0.2, -0.15) is 0 Å². The topological polar surface area (TPSA) is 38.9 Å². The molecule has 0 atom stereocenters. The lowest BCUT2D eigenvalue weighted by Gasteiger charge is -2.05. The van der Waals surface area contributed by atoms with E-state index >= 15 is 0 Å². The first kappa shape index (κ1) is 13.1. The Bertz CT molecular complexity index is 780. The Morgan fingerprint density at radius 1 is 1.16 bits per heavy atom. The van der Waals surface area contributed by atoms with Gasteiger partial charge < -0.3 is 5.73 Å². The van der Waals surface area contributed by atoms with Crippen LogP contribution in [0.4, 0.5) is 5.69 Å². The molecule has 3 aromatic rings. The maximum atomic E-state index is 6.13. The van der Waals surface area contributed by atoms with Crippen molar-refractivity contribution in [2.24, 2.45) is 0 Å². The first-order chi connectivity index (χ1) is 9.04. The Labute approximate surface area is 131 Å². The highest BCUT2D eigenvalue weighted by Gasteiger charge is 2.12. The molecule has 0 unspecified atom stereocenters. The van der Waals surface area contributed by atoms with Crippen LogP contribution >= 0.6 is 43.2 Å². The predicted molar refractivity (Wildman–Crippen MR) is 89.6 cm³/mol. The van der Waals surface area contributed by atoms with Gasteiger partial charge in [0.25, 0.3) is 0 Å². The average Bonchev–Trinajstić information content (AvgIpc) is 2.76. The van der Waals surface area contributed by atoms with Crippen LogP contribution in [0.5, 0.6) is 0 Å². The molecular formula is C14H10Br2N2S. The van der Waals surface area contributed by atoms with Gasteiger partial charge in [0.05, 0.1) is 15.9 Å². The maximum absolute atomic E-state index is 6.13. The fraction of sp³-hybridized carbons (Fsp3) is 0.0714. The van der Waals surface area contributed by atoms with Gasteiger partial charge in [0, 0.05) is 14.5 Å². The Morgan fingerprint density at radius 3 is 2.74 bits per heavy atom. The molecule has 1 heterocycles. The summed E-state index contributed by atoms with van der Waals surface area (Å²) in [6.45, 7) is 2.09. The number of anilines is 1. The van der Waals surface area contributed by atoms with Crippen molar-refractivity contribution < 1.29 is 0 Å². The largest absolute Gasteiger partial charge is 0.397 e. The third-order valence-corrected chi connectivity index (χ3v) is 5.03. The van der Waals surface area contributed by atoms with E-state index in [0.717, 1.165) is 30.7 Å². The van der Waals surface area contributed by atoms with Crippen molar-refractivity contribution in [3.8, 4) is 10.6 Å². The molecule has 1 aromatic heterocycles. The number of hydrogen-bond donors (Lipinski definition) is 1. The van der Waals surface area contributed by atoms with Gasteiger partial charge in [0.2, 0.25) is 0 Å². The standard InChI is InChI=1S/C14H10Br2N2S/c1-7-2-3-11-12(4-7)19-14(18-11)9-5-8(15)6-10(16)13(9)17/h2-6H,17H2,1H3. The molecule has 0 bridgehead atoms. The summed E-state index contributed by atoms with van der Waals surface area (Å²) in [6, 6.07) is 10.2. The van der Waals surface area contributed by atoms with Crippen LogP contribution < -0.4 is 5.73 Å². The maximum Gasteiger partial charge on any atom is 0.126 e. The molecule has 0 saturated heterocycles. The second kappa shape index (κ2) is 4.89. The highest BCUT2D eigenvalue weighted by molar-refractivity contribution is 9.11. The van der Waals surface area contributed by atoms with Crippen LogP contribution in [0.1, 0.15) is 5.56 Å². The fourth-order valence-electron chi connectivity index (χ4n) is 1.91. The molecule has 2 N–H and O–H groups in total. The van der Waals surface area contributed by atoms with E-state index in [1.165, 1.54) is 10.3 Å². The van der Waals surface area contributed by atoms with Gasteiger partial charge in [-0.1, -0.05) is 22.0 Å². The molecule has 0 fully saturated rings. The number of nitrogens with zero attached hydrogens (tertiary/aromatic N) is 1. The van der Waals surface area contributed by atoms with Crippen molar-refractivity contribution in [3.63, 3.8) is 0 Å². The normalized spacial score (nSPS) is 11.1. The lowest BCUT2D eigenvalue weighted by molar-refractivity contribution is 1.44. The van der Waals surface area contributed by atoms with Crippen LogP contribution in [-0.4, -0.2) is 4.98 Å². The van der Waals surface area contributed by atoms with Crippen molar-refractivity contribution >= 4 is 59.1 Å². The Kier molecular flexibility index (Phi) is 3.37. The molecule has 2 nitrogen and oxygen atoms in total. The minimum absolute atomic E-state index is 0.721. The molecule has 0 spiro atoms.